The van der Waals surface area contributed by atoms with Crippen molar-refractivity contribution in [3.8, 4) is 0 Å². The van der Waals surface area contributed by atoms with E-state index in [1.165, 1.54) is 10.5 Å². The average Bonchev–Trinajstić information content (AvgIpc) is 2.29. The summed E-state index contributed by atoms with van der Waals surface area (Å²) in [5.41, 5.74) is 2.36. The van der Waals surface area contributed by atoms with Gasteiger partial charge in [-0.2, -0.15) is 0 Å². The highest BCUT2D eigenvalue weighted by molar-refractivity contribution is 5.65. The Bertz CT molecular complexity index is 398. The quantitative estimate of drug-likeness (QED) is 0.826. The number of amides is 1. The molecule has 2 rings (SSSR count). The summed E-state index contributed by atoms with van der Waals surface area (Å²) in [6.45, 7) is 3.32. The first-order chi connectivity index (χ1) is 8.15. The third-order valence-corrected chi connectivity index (χ3v) is 3.15. The van der Waals surface area contributed by atoms with Crippen molar-refractivity contribution in [2.75, 3.05) is 18.4 Å². The van der Waals surface area contributed by atoms with Crippen LogP contribution in [0.25, 0.3) is 0 Å². The molecule has 1 aliphatic rings. The average molecular weight is 234 g/mol. The molecule has 0 unspecified atom stereocenters. The van der Waals surface area contributed by atoms with Gasteiger partial charge in [-0.05, 0) is 37.5 Å². The first-order valence-corrected chi connectivity index (χ1v) is 5.96. The second-order valence-corrected chi connectivity index (χ2v) is 4.56. The lowest BCUT2D eigenvalue weighted by atomic mass is 10.0. The highest BCUT2D eigenvalue weighted by Gasteiger charge is 2.21. The highest BCUT2D eigenvalue weighted by atomic mass is 16.4. The molecule has 1 saturated heterocycles. The zero-order chi connectivity index (χ0) is 12.3. The number of anilines is 1. The molecule has 0 aliphatic carbocycles. The van der Waals surface area contributed by atoms with Gasteiger partial charge in [-0.15, -0.1) is 0 Å². The van der Waals surface area contributed by atoms with Crippen LogP contribution < -0.4 is 5.32 Å². The third kappa shape index (κ3) is 3.12. The first-order valence-electron chi connectivity index (χ1n) is 5.96. The second kappa shape index (κ2) is 5.08. The van der Waals surface area contributed by atoms with Gasteiger partial charge < -0.3 is 15.3 Å². The van der Waals surface area contributed by atoms with Crippen LogP contribution in [0.4, 0.5) is 10.5 Å². The van der Waals surface area contributed by atoms with Crippen molar-refractivity contribution in [1.82, 2.24) is 4.90 Å². The summed E-state index contributed by atoms with van der Waals surface area (Å²) in [5.74, 6) is 0. The fraction of sp³-hybridized carbons (Fsp3) is 0.462. The Morgan fingerprint density at radius 2 is 2.12 bits per heavy atom. The maximum Gasteiger partial charge on any atom is 0.407 e. The first kappa shape index (κ1) is 11.8. The molecular weight excluding hydrogens is 216 g/mol. The number of hydrogen-bond acceptors (Lipinski definition) is 2. The van der Waals surface area contributed by atoms with E-state index in [9.17, 15) is 4.79 Å². The Hall–Kier alpha value is -1.71. The van der Waals surface area contributed by atoms with Crippen molar-refractivity contribution in [3.05, 3.63) is 29.8 Å². The molecule has 0 saturated carbocycles. The zero-order valence-electron chi connectivity index (χ0n) is 10.0. The zero-order valence-corrected chi connectivity index (χ0v) is 10.0. The summed E-state index contributed by atoms with van der Waals surface area (Å²) < 4.78 is 0. The third-order valence-electron chi connectivity index (χ3n) is 3.15. The van der Waals surface area contributed by atoms with Crippen molar-refractivity contribution >= 4 is 11.8 Å². The second-order valence-electron chi connectivity index (χ2n) is 4.56. The van der Waals surface area contributed by atoms with Crippen LogP contribution in [-0.2, 0) is 0 Å². The number of hydrogen-bond donors (Lipinski definition) is 2. The Morgan fingerprint density at radius 3 is 2.71 bits per heavy atom. The number of likely N-dealkylation sites (tertiary alicyclic amines) is 1. The lowest BCUT2D eigenvalue weighted by molar-refractivity contribution is 0.134. The van der Waals surface area contributed by atoms with Crippen LogP contribution in [0.3, 0.4) is 0 Å². The maximum absolute atomic E-state index is 10.8. The van der Waals surface area contributed by atoms with E-state index >= 15 is 0 Å². The summed E-state index contributed by atoms with van der Waals surface area (Å²) in [7, 11) is 0. The largest absolute Gasteiger partial charge is 0.465 e. The Balaban J connectivity index is 1.88. The van der Waals surface area contributed by atoms with Crippen molar-refractivity contribution in [2.45, 2.75) is 25.8 Å². The molecule has 1 aromatic rings. The number of rotatable bonds is 2. The van der Waals surface area contributed by atoms with Crippen molar-refractivity contribution < 1.29 is 9.90 Å². The van der Waals surface area contributed by atoms with Gasteiger partial charge in [0.05, 0.1) is 0 Å². The molecule has 1 fully saturated rings. The summed E-state index contributed by atoms with van der Waals surface area (Å²) in [5, 5.41) is 12.3. The highest BCUT2D eigenvalue weighted by Crippen LogP contribution is 2.17. The fourth-order valence-corrected chi connectivity index (χ4v) is 2.19. The summed E-state index contributed by atoms with van der Waals surface area (Å²) in [4.78, 5) is 12.3. The molecular formula is C13H18N2O2. The lowest BCUT2D eigenvalue weighted by Crippen LogP contribution is -2.41. The minimum atomic E-state index is -0.806. The smallest absolute Gasteiger partial charge is 0.407 e. The van der Waals surface area contributed by atoms with Gasteiger partial charge in [-0.3, -0.25) is 0 Å². The molecule has 0 spiro atoms. The van der Waals surface area contributed by atoms with Gasteiger partial charge in [-0.1, -0.05) is 12.1 Å². The molecule has 17 heavy (non-hydrogen) atoms. The number of aryl methyl sites for hydroxylation is 1. The molecule has 0 aromatic heterocycles. The van der Waals surface area contributed by atoms with E-state index in [0.717, 1.165) is 18.5 Å². The van der Waals surface area contributed by atoms with Gasteiger partial charge in [-0.25, -0.2) is 4.79 Å². The van der Waals surface area contributed by atoms with Crippen molar-refractivity contribution in [2.24, 2.45) is 0 Å². The monoisotopic (exact) mass is 234 g/mol. The number of carboxylic acid groups (broad SMARTS) is 1. The van der Waals surface area contributed by atoms with E-state index in [-0.39, 0.29) is 0 Å². The van der Waals surface area contributed by atoms with Crippen LogP contribution in [-0.4, -0.2) is 35.2 Å². The summed E-state index contributed by atoms with van der Waals surface area (Å²) in [6.07, 6.45) is 0.944. The molecule has 92 valence electrons. The van der Waals surface area contributed by atoms with Gasteiger partial charge in [0.2, 0.25) is 0 Å². The standard InChI is InChI=1S/C13H18N2O2/c1-10-3-2-4-12(9-10)14-11-5-7-15(8-6-11)13(16)17/h2-4,9,11,14H,5-8H2,1H3,(H,16,17). The number of piperidine rings is 1. The van der Waals surface area contributed by atoms with E-state index in [4.69, 9.17) is 5.11 Å². The van der Waals surface area contributed by atoms with Crippen molar-refractivity contribution in [3.63, 3.8) is 0 Å². The molecule has 0 bridgehead atoms. The SMILES string of the molecule is Cc1cccc(NC2CCN(C(=O)O)CC2)c1. The predicted molar refractivity (Wildman–Crippen MR) is 67.4 cm³/mol. The number of nitrogens with one attached hydrogen (secondary N) is 1. The van der Waals surface area contributed by atoms with Gasteiger partial charge in [0.1, 0.15) is 0 Å². The molecule has 0 atom stereocenters. The van der Waals surface area contributed by atoms with E-state index in [1.807, 2.05) is 6.07 Å². The summed E-state index contributed by atoms with van der Waals surface area (Å²) >= 11 is 0. The Labute approximate surface area is 101 Å². The van der Waals surface area contributed by atoms with Crippen LogP contribution >= 0.6 is 0 Å². The van der Waals surface area contributed by atoms with Crippen LogP contribution in [0.1, 0.15) is 18.4 Å². The van der Waals surface area contributed by atoms with Crippen LogP contribution in [0.5, 0.6) is 0 Å². The molecule has 1 aromatic carbocycles. The van der Waals surface area contributed by atoms with Crippen molar-refractivity contribution in [1.29, 1.82) is 0 Å². The van der Waals surface area contributed by atoms with Gasteiger partial charge in [0.15, 0.2) is 0 Å². The fourth-order valence-electron chi connectivity index (χ4n) is 2.19. The van der Waals surface area contributed by atoms with E-state index in [1.54, 1.807) is 0 Å². The minimum Gasteiger partial charge on any atom is -0.465 e. The molecule has 4 nitrogen and oxygen atoms in total. The number of benzene rings is 1. The molecule has 1 heterocycles. The van der Waals surface area contributed by atoms with Crippen LogP contribution in [0.15, 0.2) is 24.3 Å². The number of carbonyl (C=O) groups is 1. The summed E-state index contributed by atoms with van der Waals surface area (Å²) in [6, 6.07) is 8.65. The van der Waals surface area contributed by atoms with Crippen LogP contribution in [0, 0.1) is 6.92 Å². The van der Waals surface area contributed by atoms with E-state index in [0.29, 0.717) is 19.1 Å². The topological polar surface area (TPSA) is 52.6 Å². The van der Waals surface area contributed by atoms with Gasteiger partial charge in [0.25, 0.3) is 0 Å². The molecule has 0 radical (unpaired) electrons. The molecule has 1 aliphatic heterocycles. The molecule has 4 heteroatoms. The lowest BCUT2D eigenvalue weighted by Gasteiger charge is -2.31. The van der Waals surface area contributed by atoms with Gasteiger partial charge >= 0.3 is 6.09 Å². The predicted octanol–water partition coefficient (Wildman–Crippen LogP) is 2.55. The Kier molecular flexibility index (Phi) is 3.52. The van der Waals surface area contributed by atoms with E-state index in [2.05, 4.69) is 30.4 Å². The minimum absolute atomic E-state index is 0.382. The normalized spacial score (nSPS) is 16.9. The van der Waals surface area contributed by atoms with E-state index < -0.39 is 6.09 Å². The Morgan fingerprint density at radius 1 is 1.41 bits per heavy atom. The van der Waals surface area contributed by atoms with Crippen LogP contribution in [0.2, 0.25) is 0 Å². The van der Waals surface area contributed by atoms with Gasteiger partial charge in [0, 0.05) is 24.8 Å². The molecule has 2 N–H and O–H groups in total. The number of nitrogens with zero attached hydrogens (tertiary/aromatic N) is 1. The maximum atomic E-state index is 10.8. The molecule has 1 amide bonds.